The molecule has 17 heavy (non-hydrogen) atoms. The van der Waals surface area contributed by atoms with Crippen molar-refractivity contribution in [1.82, 2.24) is 9.88 Å². The predicted molar refractivity (Wildman–Crippen MR) is 64.0 cm³/mol. The molecule has 1 heterocycles. The largest absolute Gasteiger partial charge is 0.481 e. The molecule has 0 fully saturated rings. The van der Waals surface area contributed by atoms with Crippen LogP contribution in [-0.4, -0.2) is 47.2 Å². The van der Waals surface area contributed by atoms with Crippen LogP contribution >= 0.6 is 0 Å². The van der Waals surface area contributed by atoms with E-state index < -0.39 is 5.60 Å². The maximum atomic E-state index is 12.0. The molecule has 1 N–H and O–H groups in total. The Balaban J connectivity index is 2.75. The number of pyridine rings is 1. The standard InChI is InChI=1S/C12H18N2O3/c1-12(2,16)8-14(3)11(15)9-5-6-10(17-4)13-7-9/h5-7,16H,8H2,1-4H3. The minimum absolute atomic E-state index is 0.178. The van der Waals surface area contributed by atoms with Crippen molar-refractivity contribution in [2.24, 2.45) is 0 Å². The molecule has 0 aliphatic heterocycles. The number of amides is 1. The van der Waals surface area contributed by atoms with Gasteiger partial charge < -0.3 is 14.7 Å². The summed E-state index contributed by atoms with van der Waals surface area (Å²) in [6.07, 6.45) is 1.46. The Bertz CT molecular complexity index is 382. The summed E-state index contributed by atoms with van der Waals surface area (Å²) in [6.45, 7) is 3.57. The number of methoxy groups -OCH3 is 1. The molecule has 0 saturated heterocycles. The molecule has 1 rings (SSSR count). The van der Waals surface area contributed by atoms with Gasteiger partial charge in [-0.25, -0.2) is 4.98 Å². The molecule has 0 aliphatic rings. The average Bonchev–Trinajstić information content (AvgIpc) is 2.26. The van der Waals surface area contributed by atoms with E-state index in [9.17, 15) is 9.90 Å². The van der Waals surface area contributed by atoms with Gasteiger partial charge in [-0.2, -0.15) is 0 Å². The summed E-state index contributed by atoms with van der Waals surface area (Å²) < 4.78 is 4.91. The minimum atomic E-state index is -0.912. The van der Waals surface area contributed by atoms with Crippen molar-refractivity contribution in [2.75, 3.05) is 20.7 Å². The molecule has 0 saturated carbocycles. The molecular weight excluding hydrogens is 220 g/mol. The number of hydrogen-bond acceptors (Lipinski definition) is 4. The van der Waals surface area contributed by atoms with E-state index in [4.69, 9.17) is 4.74 Å². The van der Waals surface area contributed by atoms with Gasteiger partial charge in [-0.1, -0.05) is 0 Å². The Morgan fingerprint density at radius 2 is 2.18 bits per heavy atom. The zero-order valence-corrected chi connectivity index (χ0v) is 10.6. The summed E-state index contributed by atoms with van der Waals surface area (Å²) >= 11 is 0. The first-order chi connectivity index (χ1) is 7.83. The Hall–Kier alpha value is -1.62. The van der Waals surface area contributed by atoms with Gasteiger partial charge in [0.2, 0.25) is 5.88 Å². The van der Waals surface area contributed by atoms with E-state index in [-0.39, 0.29) is 12.5 Å². The highest BCUT2D eigenvalue weighted by atomic mass is 16.5. The molecule has 0 aliphatic carbocycles. The molecular formula is C12H18N2O3. The molecule has 1 amide bonds. The second-order valence-electron chi connectivity index (χ2n) is 4.56. The first-order valence-electron chi connectivity index (χ1n) is 5.31. The molecule has 0 unspecified atom stereocenters. The van der Waals surface area contributed by atoms with Crippen LogP contribution in [0.2, 0.25) is 0 Å². The van der Waals surface area contributed by atoms with Crippen LogP contribution in [-0.2, 0) is 0 Å². The van der Waals surface area contributed by atoms with Crippen molar-refractivity contribution in [3.63, 3.8) is 0 Å². The monoisotopic (exact) mass is 238 g/mol. The second-order valence-corrected chi connectivity index (χ2v) is 4.56. The predicted octanol–water partition coefficient (Wildman–Crippen LogP) is 0.933. The first-order valence-corrected chi connectivity index (χ1v) is 5.31. The van der Waals surface area contributed by atoms with Crippen LogP contribution in [0.15, 0.2) is 18.3 Å². The third kappa shape index (κ3) is 4.03. The third-order valence-corrected chi connectivity index (χ3v) is 2.16. The Kier molecular flexibility index (Phi) is 4.07. The fraction of sp³-hybridized carbons (Fsp3) is 0.500. The van der Waals surface area contributed by atoms with Gasteiger partial charge in [0.05, 0.1) is 18.3 Å². The SMILES string of the molecule is COc1ccc(C(=O)N(C)CC(C)(C)O)cn1. The molecule has 0 atom stereocenters. The summed E-state index contributed by atoms with van der Waals surface area (Å²) in [6, 6.07) is 3.28. The lowest BCUT2D eigenvalue weighted by Gasteiger charge is -2.25. The Morgan fingerprint density at radius 3 is 2.59 bits per heavy atom. The topological polar surface area (TPSA) is 62.7 Å². The van der Waals surface area contributed by atoms with E-state index in [2.05, 4.69) is 4.98 Å². The first kappa shape index (κ1) is 13.4. The second kappa shape index (κ2) is 5.14. The Morgan fingerprint density at radius 1 is 1.53 bits per heavy atom. The third-order valence-electron chi connectivity index (χ3n) is 2.16. The van der Waals surface area contributed by atoms with Crippen LogP contribution in [0.3, 0.4) is 0 Å². The fourth-order valence-electron chi connectivity index (χ4n) is 1.50. The van der Waals surface area contributed by atoms with Crippen molar-refractivity contribution in [3.8, 4) is 5.88 Å². The van der Waals surface area contributed by atoms with Crippen molar-refractivity contribution in [1.29, 1.82) is 0 Å². The molecule has 0 spiro atoms. The molecule has 1 aromatic rings. The van der Waals surface area contributed by atoms with E-state index in [1.165, 1.54) is 18.2 Å². The molecule has 94 valence electrons. The molecule has 0 radical (unpaired) electrons. The van der Waals surface area contributed by atoms with Crippen molar-refractivity contribution < 1.29 is 14.6 Å². The summed E-state index contributed by atoms with van der Waals surface area (Å²) in [5, 5.41) is 9.64. The van der Waals surface area contributed by atoms with Crippen LogP contribution in [0.1, 0.15) is 24.2 Å². The summed E-state index contributed by atoms with van der Waals surface area (Å²) in [5.74, 6) is 0.286. The fourth-order valence-corrected chi connectivity index (χ4v) is 1.50. The van der Waals surface area contributed by atoms with Crippen LogP contribution in [0.5, 0.6) is 5.88 Å². The normalized spacial score (nSPS) is 11.1. The van der Waals surface area contributed by atoms with Crippen LogP contribution in [0, 0.1) is 0 Å². The van der Waals surface area contributed by atoms with E-state index in [0.29, 0.717) is 11.4 Å². The van der Waals surface area contributed by atoms with Crippen LogP contribution in [0.25, 0.3) is 0 Å². The number of hydrogen-bond donors (Lipinski definition) is 1. The molecule has 0 bridgehead atoms. The van der Waals surface area contributed by atoms with Crippen molar-refractivity contribution in [2.45, 2.75) is 19.4 Å². The highest BCUT2D eigenvalue weighted by molar-refractivity contribution is 5.93. The minimum Gasteiger partial charge on any atom is -0.481 e. The van der Waals surface area contributed by atoms with E-state index in [1.54, 1.807) is 33.0 Å². The van der Waals surface area contributed by atoms with Gasteiger partial charge in [-0.15, -0.1) is 0 Å². The molecule has 5 heteroatoms. The molecule has 0 aromatic carbocycles. The number of rotatable bonds is 4. The lowest BCUT2D eigenvalue weighted by atomic mass is 10.1. The highest BCUT2D eigenvalue weighted by Gasteiger charge is 2.20. The number of aromatic nitrogens is 1. The van der Waals surface area contributed by atoms with Gasteiger partial charge in [0.25, 0.3) is 5.91 Å². The zero-order valence-electron chi connectivity index (χ0n) is 10.6. The van der Waals surface area contributed by atoms with E-state index in [0.717, 1.165) is 0 Å². The average molecular weight is 238 g/mol. The summed E-state index contributed by atoms with van der Waals surface area (Å²) in [7, 11) is 3.16. The van der Waals surface area contributed by atoms with E-state index in [1.807, 2.05) is 0 Å². The summed E-state index contributed by atoms with van der Waals surface area (Å²) in [4.78, 5) is 17.4. The maximum absolute atomic E-state index is 12.0. The Labute approximate surface area is 101 Å². The number of carbonyl (C=O) groups excluding carboxylic acids is 1. The number of ether oxygens (including phenoxy) is 1. The van der Waals surface area contributed by atoms with Crippen molar-refractivity contribution in [3.05, 3.63) is 23.9 Å². The van der Waals surface area contributed by atoms with Gasteiger partial charge in [0, 0.05) is 25.9 Å². The number of aliphatic hydroxyl groups is 1. The number of carbonyl (C=O) groups is 1. The summed E-state index contributed by atoms with van der Waals surface area (Å²) in [5.41, 5.74) is -0.442. The van der Waals surface area contributed by atoms with Crippen LogP contribution < -0.4 is 4.74 Å². The number of likely N-dealkylation sites (N-methyl/N-ethyl adjacent to an activating group) is 1. The lowest BCUT2D eigenvalue weighted by molar-refractivity contribution is 0.0367. The van der Waals surface area contributed by atoms with Gasteiger partial charge >= 0.3 is 0 Å². The zero-order chi connectivity index (χ0) is 13.1. The highest BCUT2D eigenvalue weighted by Crippen LogP contribution is 2.10. The smallest absolute Gasteiger partial charge is 0.255 e. The van der Waals surface area contributed by atoms with E-state index >= 15 is 0 Å². The number of nitrogens with zero attached hydrogens (tertiary/aromatic N) is 2. The maximum Gasteiger partial charge on any atom is 0.255 e. The van der Waals surface area contributed by atoms with Crippen molar-refractivity contribution >= 4 is 5.91 Å². The van der Waals surface area contributed by atoms with Crippen LogP contribution in [0.4, 0.5) is 0 Å². The lowest BCUT2D eigenvalue weighted by Crippen LogP contribution is -2.39. The van der Waals surface area contributed by atoms with Gasteiger partial charge in [-0.05, 0) is 19.9 Å². The molecule has 1 aromatic heterocycles. The van der Waals surface area contributed by atoms with Gasteiger partial charge in [0.1, 0.15) is 0 Å². The molecule has 5 nitrogen and oxygen atoms in total. The quantitative estimate of drug-likeness (QED) is 0.847. The van der Waals surface area contributed by atoms with Gasteiger partial charge in [0.15, 0.2) is 0 Å². The van der Waals surface area contributed by atoms with Gasteiger partial charge in [-0.3, -0.25) is 4.79 Å².